The maximum absolute atomic E-state index is 12.9. The highest BCUT2D eigenvalue weighted by Crippen LogP contribution is 2.28. The van der Waals surface area contributed by atoms with Crippen LogP contribution in [-0.2, 0) is 11.3 Å². The van der Waals surface area contributed by atoms with Crippen LogP contribution in [0.2, 0.25) is 0 Å². The molecular formula is C23H27N5O2S. The third-order valence-corrected chi connectivity index (χ3v) is 6.59. The standard InChI is InChI=1S/C23H27N5O2S/c1-4-28-13-18(12-24-28)25-21(29)17-7-9-27(10-8-17)23(30)20-14-31-22(26-20)19-6-5-15(2)11-16(19)3/h5-6,11-14,17H,4,7-10H2,1-3H3,(H,25,29). The Kier molecular flexibility index (Phi) is 6.18. The second-order valence-corrected chi connectivity index (χ2v) is 8.85. The van der Waals surface area contributed by atoms with E-state index in [0.29, 0.717) is 37.3 Å². The van der Waals surface area contributed by atoms with Crippen LogP contribution in [0.3, 0.4) is 0 Å². The molecule has 31 heavy (non-hydrogen) atoms. The Labute approximate surface area is 186 Å². The van der Waals surface area contributed by atoms with E-state index in [1.54, 1.807) is 15.8 Å². The molecule has 2 aromatic heterocycles. The summed E-state index contributed by atoms with van der Waals surface area (Å²) in [7, 11) is 0. The van der Waals surface area contributed by atoms with Crippen LogP contribution in [0.5, 0.6) is 0 Å². The molecule has 1 aromatic carbocycles. The number of aryl methyl sites for hydroxylation is 3. The van der Waals surface area contributed by atoms with Gasteiger partial charge in [-0.05, 0) is 39.2 Å². The summed E-state index contributed by atoms with van der Waals surface area (Å²) in [4.78, 5) is 31.9. The molecule has 0 aliphatic carbocycles. The van der Waals surface area contributed by atoms with Gasteiger partial charge in [0.2, 0.25) is 5.91 Å². The molecule has 0 saturated carbocycles. The van der Waals surface area contributed by atoms with E-state index in [1.165, 1.54) is 16.9 Å². The lowest BCUT2D eigenvalue weighted by atomic mass is 9.95. The second kappa shape index (κ2) is 9.01. The van der Waals surface area contributed by atoms with Gasteiger partial charge in [-0.2, -0.15) is 5.10 Å². The number of likely N-dealkylation sites (tertiary alicyclic amines) is 1. The van der Waals surface area contributed by atoms with Gasteiger partial charge < -0.3 is 10.2 Å². The molecule has 1 saturated heterocycles. The number of nitrogens with zero attached hydrogens (tertiary/aromatic N) is 4. The van der Waals surface area contributed by atoms with E-state index in [9.17, 15) is 9.59 Å². The number of hydrogen-bond donors (Lipinski definition) is 1. The Hall–Kier alpha value is -3.00. The van der Waals surface area contributed by atoms with Gasteiger partial charge in [0.1, 0.15) is 10.7 Å². The van der Waals surface area contributed by atoms with E-state index >= 15 is 0 Å². The molecule has 2 amide bonds. The number of aromatic nitrogens is 3. The average molecular weight is 438 g/mol. The van der Waals surface area contributed by atoms with Crippen molar-refractivity contribution in [2.45, 2.75) is 40.2 Å². The first kappa shape index (κ1) is 21.2. The van der Waals surface area contributed by atoms with Gasteiger partial charge in [-0.15, -0.1) is 11.3 Å². The van der Waals surface area contributed by atoms with Gasteiger partial charge in [0, 0.05) is 42.7 Å². The van der Waals surface area contributed by atoms with Crippen molar-refractivity contribution >= 4 is 28.8 Å². The van der Waals surface area contributed by atoms with Crippen LogP contribution >= 0.6 is 11.3 Å². The Balaban J connectivity index is 1.35. The number of nitrogens with one attached hydrogen (secondary N) is 1. The fraction of sp³-hybridized carbons (Fsp3) is 0.391. The molecule has 1 fully saturated rings. The highest BCUT2D eigenvalue weighted by molar-refractivity contribution is 7.13. The summed E-state index contributed by atoms with van der Waals surface area (Å²) in [5.74, 6) is -0.167. The van der Waals surface area contributed by atoms with Gasteiger partial charge in [-0.25, -0.2) is 4.98 Å². The molecule has 0 bridgehead atoms. The summed E-state index contributed by atoms with van der Waals surface area (Å²) in [5, 5.41) is 9.81. The molecule has 3 heterocycles. The predicted molar refractivity (Wildman–Crippen MR) is 122 cm³/mol. The highest BCUT2D eigenvalue weighted by atomic mass is 32.1. The SMILES string of the molecule is CCn1cc(NC(=O)C2CCN(C(=O)c3csc(-c4ccc(C)cc4C)n3)CC2)cn1. The van der Waals surface area contributed by atoms with E-state index in [0.717, 1.165) is 22.7 Å². The zero-order valence-electron chi connectivity index (χ0n) is 18.1. The minimum atomic E-state index is -0.102. The number of thiazole rings is 1. The monoisotopic (exact) mass is 437 g/mol. The molecular weight excluding hydrogens is 410 g/mol. The van der Waals surface area contributed by atoms with Gasteiger partial charge in [0.25, 0.3) is 5.91 Å². The summed E-state index contributed by atoms with van der Waals surface area (Å²) in [5.41, 5.74) is 4.63. The minimum absolute atomic E-state index is 0.00598. The van der Waals surface area contributed by atoms with Crippen LogP contribution < -0.4 is 5.32 Å². The van der Waals surface area contributed by atoms with Crippen LogP contribution in [0.25, 0.3) is 10.6 Å². The van der Waals surface area contributed by atoms with Crippen molar-refractivity contribution in [2.75, 3.05) is 18.4 Å². The van der Waals surface area contributed by atoms with Crippen molar-refractivity contribution in [3.8, 4) is 10.6 Å². The molecule has 0 unspecified atom stereocenters. The van der Waals surface area contributed by atoms with E-state index in [-0.39, 0.29) is 17.7 Å². The van der Waals surface area contributed by atoms with Crippen molar-refractivity contribution in [1.82, 2.24) is 19.7 Å². The number of anilines is 1. The number of benzene rings is 1. The summed E-state index contributed by atoms with van der Waals surface area (Å²) in [6, 6.07) is 6.25. The smallest absolute Gasteiger partial charge is 0.273 e. The molecule has 0 radical (unpaired) electrons. The molecule has 0 spiro atoms. The molecule has 0 atom stereocenters. The number of hydrogen-bond acceptors (Lipinski definition) is 5. The van der Waals surface area contributed by atoms with Crippen LogP contribution in [0.4, 0.5) is 5.69 Å². The number of carbonyl (C=O) groups excluding carboxylic acids is 2. The van der Waals surface area contributed by atoms with Crippen LogP contribution in [0.1, 0.15) is 41.4 Å². The summed E-state index contributed by atoms with van der Waals surface area (Å²) in [6.45, 7) is 8.00. The summed E-state index contributed by atoms with van der Waals surface area (Å²) < 4.78 is 1.77. The second-order valence-electron chi connectivity index (χ2n) is 8.00. The van der Waals surface area contributed by atoms with Gasteiger partial charge in [-0.1, -0.05) is 23.8 Å². The normalized spacial score (nSPS) is 14.6. The molecule has 7 nitrogen and oxygen atoms in total. The number of piperidine rings is 1. The summed E-state index contributed by atoms with van der Waals surface area (Å²) >= 11 is 1.49. The molecule has 162 valence electrons. The van der Waals surface area contributed by atoms with Gasteiger partial charge in [0.15, 0.2) is 0 Å². The zero-order chi connectivity index (χ0) is 22.0. The molecule has 1 aliphatic heterocycles. The van der Waals surface area contributed by atoms with Crippen molar-refractivity contribution in [1.29, 1.82) is 0 Å². The Morgan fingerprint density at radius 3 is 2.68 bits per heavy atom. The molecule has 1 N–H and O–H groups in total. The van der Waals surface area contributed by atoms with Crippen molar-refractivity contribution in [3.05, 3.63) is 52.8 Å². The first-order chi connectivity index (χ1) is 14.9. The fourth-order valence-electron chi connectivity index (χ4n) is 3.90. The largest absolute Gasteiger partial charge is 0.337 e. The van der Waals surface area contributed by atoms with Crippen LogP contribution in [-0.4, -0.2) is 44.6 Å². The Morgan fingerprint density at radius 2 is 2.00 bits per heavy atom. The topological polar surface area (TPSA) is 80.1 Å². The lowest BCUT2D eigenvalue weighted by Crippen LogP contribution is -2.41. The van der Waals surface area contributed by atoms with E-state index in [4.69, 9.17) is 0 Å². The Morgan fingerprint density at radius 1 is 1.23 bits per heavy atom. The van der Waals surface area contributed by atoms with Gasteiger partial charge in [-0.3, -0.25) is 14.3 Å². The molecule has 8 heteroatoms. The molecule has 1 aliphatic rings. The highest BCUT2D eigenvalue weighted by Gasteiger charge is 2.29. The lowest BCUT2D eigenvalue weighted by Gasteiger charge is -2.30. The number of rotatable bonds is 5. The first-order valence-electron chi connectivity index (χ1n) is 10.6. The predicted octanol–water partition coefficient (Wildman–Crippen LogP) is 4.13. The van der Waals surface area contributed by atoms with Crippen molar-refractivity contribution in [3.63, 3.8) is 0 Å². The number of carbonyl (C=O) groups is 2. The number of amides is 2. The van der Waals surface area contributed by atoms with Crippen LogP contribution in [0.15, 0.2) is 36.0 Å². The van der Waals surface area contributed by atoms with Gasteiger partial charge >= 0.3 is 0 Å². The first-order valence-corrected chi connectivity index (χ1v) is 11.5. The van der Waals surface area contributed by atoms with Crippen molar-refractivity contribution < 1.29 is 9.59 Å². The van der Waals surface area contributed by atoms with E-state index < -0.39 is 0 Å². The zero-order valence-corrected chi connectivity index (χ0v) is 18.9. The van der Waals surface area contributed by atoms with Crippen LogP contribution in [0, 0.1) is 19.8 Å². The third-order valence-electron chi connectivity index (χ3n) is 5.71. The summed E-state index contributed by atoms with van der Waals surface area (Å²) in [6.07, 6.45) is 4.78. The molecule has 3 aromatic rings. The average Bonchev–Trinajstić information content (AvgIpc) is 3.43. The fourth-order valence-corrected chi connectivity index (χ4v) is 4.79. The van der Waals surface area contributed by atoms with Gasteiger partial charge in [0.05, 0.1) is 11.9 Å². The van der Waals surface area contributed by atoms with E-state index in [1.807, 2.05) is 18.5 Å². The Bertz CT molecular complexity index is 1100. The lowest BCUT2D eigenvalue weighted by molar-refractivity contribution is -0.121. The van der Waals surface area contributed by atoms with Crippen molar-refractivity contribution in [2.24, 2.45) is 5.92 Å². The molecule has 4 rings (SSSR count). The minimum Gasteiger partial charge on any atom is -0.337 e. The van der Waals surface area contributed by atoms with E-state index in [2.05, 4.69) is 47.4 Å². The maximum Gasteiger partial charge on any atom is 0.273 e. The third kappa shape index (κ3) is 4.69. The maximum atomic E-state index is 12.9. The quantitative estimate of drug-likeness (QED) is 0.651.